The van der Waals surface area contributed by atoms with Gasteiger partial charge in [-0.1, -0.05) is 97.0 Å². The summed E-state index contributed by atoms with van der Waals surface area (Å²) in [5.74, 6) is -1.95. The molecule has 0 saturated carbocycles. The number of hydrogen-bond acceptors (Lipinski definition) is 7. The molecule has 45 heavy (non-hydrogen) atoms. The van der Waals surface area contributed by atoms with Crippen LogP contribution in [0.2, 0.25) is 0 Å². The van der Waals surface area contributed by atoms with Crippen molar-refractivity contribution in [3.05, 3.63) is 77.4 Å². The molecule has 0 unspecified atom stereocenters. The van der Waals surface area contributed by atoms with Crippen LogP contribution in [-0.2, 0) is 35.6 Å². The summed E-state index contributed by atoms with van der Waals surface area (Å²) in [5, 5.41) is 6.15. The maximum atomic E-state index is 14.1. The molecule has 5 N–H and O–H groups in total. The van der Waals surface area contributed by atoms with Crippen molar-refractivity contribution < 1.29 is 22.8 Å². The number of nitrogens with one attached hydrogen (secondary N) is 3. The highest BCUT2D eigenvalue weighted by Gasteiger charge is 2.41. The third-order valence-electron chi connectivity index (χ3n) is 8.03. The van der Waals surface area contributed by atoms with Crippen LogP contribution >= 0.6 is 0 Å². The van der Waals surface area contributed by atoms with Gasteiger partial charge in [-0.05, 0) is 48.6 Å². The second-order valence-corrected chi connectivity index (χ2v) is 15.3. The number of likely N-dealkylation sites (N-methyl/N-ethyl adjacent to an activating group) is 2. The average molecular weight is 642 g/mol. The quantitative estimate of drug-likeness (QED) is 0.192. The summed E-state index contributed by atoms with van der Waals surface area (Å²) in [6.45, 7) is 14.9. The van der Waals surface area contributed by atoms with E-state index in [0.29, 0.717) is 11.3 Å². The topological polar surface area (TPSA) is 151 Å². The summed E-state index contributed by atoms with van der Waals surface area (Å²) >= 11 is 0. The molecule has 3 atom stereocenters. The van der Waals surface area contributed by atoms with Gasteiger partial charge in [0.05, 0.1) is 17.8 Å². The molecule has 2 aromatic rings. The molecule has 3 amide bonds. The van der Waals surface area contributed by atoms with Crippen LogP contribution in [-0.4, -0.2) is 63.3 Å². The van der Waals surface area contributed by atoms with E-state index in [9.17, 15) is 22.8 Å². The Hall–Kier alpha value is -3.70. The zero-order valence-corrected chi connectivity index (χ0v) is 29.1. The minimum Gasteiger partial charge on any atom is -0.399 e. The van der Waals surface area contributed by atoms with Crippen molar-refractivity contribution >= 4 is 33.4 Å². The SMILES string of the molecule is CN[C@H](C(=O)N[C@H](C(=O)N(C)[C@H](/C=C(\C)C(=O)NS(=O)(=O)Cc1ccc(N)cc1)C(C)C)C(C)(C)C)C(C)(C)c1ccccc1. The Bertz CT molecular complexity index is 1460. The summed E-state index contributed by atoms with van der Waals surface area (Å²) < 4.78 is 27.5. The molecule has 0 aliphatic carbocycles. The minimum absolute atomic E-state index is 0.133. The fraction of sp³-hybridized carbons (Fsp3) is 0.500. The van der Waals surface area contributed by atoms with E-state index < -0.39 is 44.9 Å². The molecule has 2 rings (SSSR count). The molecule has 0 aromatic heterocycles. The molecular weight excluding hydrogens is 590 g/mol. The highest BCUT2D eigenvalue weighted by Crippen LogP contribution is 2.29. The number of anilines is 1. The molecule has 0 bridgehead atoms. The zero-order valence-electron chi connectivity index (χ0n) is 28.3. The van der Waals surface area contributed by atoms with Crippen molar-refractivity contribution in [3.8, 4) is 0 Å². The Morgan fingerprint density at radius 3 is 1.98 bits per heavy atom. The normalized spacial score (nSPS) is 14.8. The number of hydrogen-bond donors (Lipinski definition) is 4. The van der Waals surface area contributed by atoms with Gasteiger partial charge in [-0.15, -0.1) is 0 Å². The maximum Gasteiger partial charge on any atom is 0.260 e. The third kappa shape index (κ3) is 10.2. The zero-order chi connectivity index (χ0) is 34.3. The first-order chi connectivity index (χ1) is 20.7. The van der Waals surface area contributed by atoms with Crippen LogP contribution in [0.25, 0.3) is 0 Å². The third-order valence-corrected chi connectivity index (χ3v) is 9.24. The molecule has 10 nitrogen and oxygen atoms in total. The van der Waals surface area contributed by atoms with Gasteiger partial charge in [0.2, 0.25) is 21.8 Å². The molecule has 0 heterocycles. The molecule has 248 valence electrons. The molecule has 2 aromatic carbocycles. The predicted molar refractivity (Wildman–Crippen MR) is 180 cm³/mol. The summed E-state index contributed by atoms with van der Waals surface area (Å²) in [6, 6.07) is 14.0. The number of benzene rings is 2. The Morgan fingerprint density at radius 2 is 1.49 bits per heavy atom. The van der Waals surface area contributed by atoms with Gasteiger partial charge in [-0.3, -0.25) is 14.4 Å². The lowest BCUT2D eigenvalue weighted by molar-refractivity contribution is -0.140. The van der Waals surface area contributed by atoms with Crippen molar-refractivity contribution in [1.29, 1.82) is 0 Å². The number of carbonyl (C=O) groups is 3. The first-order valence-corrected chi connectivity index (χ1v) is 16.7. The Morgan fingerprint density at radius 1 is 0.933 bits per heavy atom. The summed E-state index contributed by atoms with van der Waals surface area (Å²) in [7, 11) is -0.642. The van der Waals surface area contributed by atoms with Gasteiger partial charge in [0.15, 0.2) is 0 Å². The Balaban J connectivity index is 2.29. The second-order valence-electron chi connectivity index (χ2n) is 13.6. The molecule has 0 aliphatic heterocycles. The van der Waals surface area contributed by atoms with Crippen molar-refractivity contribution in [2.75, 3.05) is 19.8 Å². The first kappa shape index (κ1) is 37.5. The van der Waals surface area contributed by atoms with Crippen LogP contribution in [0.5, 0.6) is 0 Å². The molecule has 0 fully saturated rings. The van der Waals surface area contributed by atoms with Crippen molar-refractivity contribution in [3.63, 3.8) is 0 Å². The van der Waals surface area contributed by atoms with Crippen LogP contribution in [0.3, 0.4) is 0 Å². The van der Waals surface area contributed by atoms with E-state index in [1.54, 1.807) is 44.4 Å². The number of sulfonamides is 1. The molecular formula is C34H51N5O5S. The maximum absolute atomic E-state index is 14.1. The number of amides is 3. The Labute approximate surface area is 269 Å². The van der Waals surface area contributed by atoms with Crippen molar-refractivity contribution in [1.82, 2.24) is 20.3 Å². The number of nitrogens with two attached hydrogens (primary N) is 1. The fourth-order valence-corrected chi connectivity index (χ4v) is 6.40. The van der Waals surface area contributed by atoms with Gasteiger partial charge in [-0.25, -0.2) is 13.1 Å². The van der Waals surface area contributed by atoms with Crippen LogP contribution < -0.4 is 21.1 Å². The molecule has 0 spiro atoms. The standard InChI is InChI=1S/C34H51N5O5S/c1-22(2)27(20-23(3)30(40)38-45(43,44)21-24-16-18-26(35)19-17-24)39(10)32(42)29(33(4,5)6)37-31(41)28(36-9)34(7,8)25-14-12-11-13-15-25/h11-20,22,27-29,36H,21,35H2,1-10H3,(H,37,41)(H,38,40)/b23-20+/t27-,28-,29-/m1/s1. The van der Waals surface area contributed by atoms with E-state index >= 15 is 0 Å². The van der Waals surface area contributed by atoms with Gasteiger partial charge >= 0.3 is 0 Å². The van der Waals surface area contributed by atoms with Crippen LogP contribution in [0.4, 0.5) is 5.69 Å². The van der Waals surface area contributed by atoms with Gasteiger partial charge < -0.3 is 21.3 Å². The van der Waals surface area contributed by atoms with Gasteiger partial charge in [0.1, 0.15) is 6.04 Å². The number of carbonyl (C=O) groups excluding carboxylic acids is 3. The molecule has 0 radical (unpaired) electrons. The summed E-state index contributed by atoms with van der Waals surface area (Å²) in [4.78, 5) is 42.3. The first-order valence-electron chi connectivity index (χ1n) is 15.1. The minimum atomic E-state index is -3.99. The Kier molecular flexibility index (Phi) is 12.5. The van der Waals surface area contributed by atoms with E-state index in [2.05, 4.69) is 15.4 Å². The lowest BCUT2D eigenvalue weighted by Gasteiger charge is -2.40. The highest BCUT2D eigenvalue weighted by molar-refractivity contribution is 7.89. The van der Waals surface area contributed by atoms with E-state index in [1.807, 2.05) is 78.8 Å². The smallest absolute Gasteiger partial charge is 0.260 e. The fourth-order valence-electron chi connectivity index (χ4n) is 5.25. The van der Waals surface area contributed by atoms with Crippen LogP contribution in [0.15, 0.2) is 66.2 Å². The van der Waals surface area contributed by atoms with Crippen molar-refractivity contribution in [2.45, 2.75) is 84.7 Å². The van der Waals surface area contributed by atoms with E-state index in [1.165, 1.54) is 11.8 Å². The van der Waals surface area contributed by atoms with Crippen molar-refractivity contribution in [2.24, 2.45) is 11.3 Å². The number of rotatable bonds is 13. The van der Waals surface area contributed by atoms with E-state index in [-0.39, 0.29) is 29.1 Å². The highest BCUT2D eigenvalue weighted by atomic mass is 32.2. The molecule has 11 heteroatoms. The van der Waals surface area contributed by atoms with Gasteiger partial charge in [-0.2, -0.15) is 0 Å². The lowest BCUT2D eigenvalue weighted by Crippen LogP contribution is -2.61. The predicted octanol–water partition coefficient (Wildman–Crippen LogP) is 3.74. The molecule has 0 aliphatic rings. The van der Waals surface area contributed by atoms with E-state index in [0.717, 1.165) is 5.56 Å². The monoisotopic (exact) mass is 641 g/mol. The number of nitrogen functional groups attached to an aromatic ring is 1. The van der Waals surface area contributed by atoms with Crippen LogP contribution in [0, 0.1) is 11.3 Å². The summed E-state index contributed by atoms with van der Waals surface area (Å²) in [6.07, 6.45) is 1.59. The van der Waals surface area contributed by atoms with Gasteiger partial charge in [0.25, 0.3) is 5.91 Å². The average Bonchev–Trinajstić information content (AvgIpc) is 2.94. The number of nitrogens with zero attached hydrogens (tertiary/aromatic N) is 1. The second kappa shape index (κ2) is 15.1. The van der Waals surface area contributed by atoms with Gasteiger partial charge in [0, 0.05) is 23.7 Å². The van der Waals surface area contributed by atoms with E-state index in [4.69, 9.17) is 5.73 Å². The molecule has 0 saturated heterocycles. The largest absolute Gasteiger partial charge is 0.399 e. The summed E-state index contributed by atoms with van der Waals surface area (Å²) in [5.41, 5.74) is 6.55. The lowest BCUT2D eigenvalue weighted by atomic mass is 9.76. The van der Waals surface area contributed by atoms with Crippen LogP contribution in [0.1, 0.15) is 66.5 Å².